The summed E-state index contributed by atoms with van der Waals surface area (Å²) in [6, 6.07) is 8.16. The number of rotatable bonds is 2. The summed E-state index contributed by atoms with van der Waals surface area (Å²) in [5, 5.41) is 3.96. The van der Waals surface area contributed by atoms with Gasteiger partial charge < -0.3 is 0 Å². The Hall–Kier alpha value is -1.64. The molecule has 0 aromatic heterocycles. The lowest BCUT2D eigenvalue weighted by atomic mass is 10.0. The van der Waals surface area contributed by atoms with E-state index in [1.807, 2.05) is 12.1 Å². The fourth-order valence-corrected chi connectivity index (χ4v) is 1.46. The molecule has 0 unspecified atom stereocenters. The van der Waals surface area contributed by atoms with Crippen LogP contribution in [0.5, 0.6) is 0 Å². The highest BCUT2D eigenvalue weighted by molar-refractivity contribution is 6.13. The van der Waals surface area contributed by atoms with E-state index in [9.17, 15) is 4.79 Å². The van der Waals surface area contributed by atoms with Crippen molar-refractivity contribution in [1.82, 2.24) is 5.43 Å². The Morgan fingerprint density at radius 1 is 1.36 bits per heavy atom. The highest BCUT2D eigenvalue weighted by Crippen LogP contribution is 2.10. The van der Waals surface area contributed by atoms with Crippen molar-refractivity contribution in [3.63, 3.8) is 0 Å². The molecule has 0 bridgehead atoms. The fourth-order valence-electron chi connectivity index (χ4n) is 1.46. The molecule has 0 saturated carbocycles. The zero-order chi connectivity index (χ0) is 9.97. The summed E-state index contributed by atoms with van der Waals surface area (Å²) in [6.45, 7) is 2.12. The Labute approximate surface area is 82.8 Å². The Morgan fingerprint density at radius 2 is 2.07 bits per heavy atom. The molecule has 1 amide bonds. The number of amides is 1. The van der Waals surface area contributed by atoms with E-state index in [2.05, 4.69) is 29.6 Å². The molecule has 0 saturated heterocycles. The highest BCUT2D eigenvalue weighted by atomic mass is 16.2. The molecule has 3 heteroatoms. The normalized spacial score (nSPS) is 15.2. The van der Waals surface area contributed by atoms with Crippen molar-refractivity contribution >= 4 is 11.6 Å². The van der Waals surface area contributed by atoms with E-state index in [0.29, 0.717) is 6.42 Å². The molecule has 72 valence electrons. The maximum atomic E-state index is 10.9. The first-order valence-electron chi connectivity index (χ1n) is 4.74. The first kappa shape index (κ1) is 8.94. The molecule has 0 atom stereocenters. The van der Waals surface area contributed by atoms with E-state index >= 15 is 0 Å². The summed E-state index contributed by atoms with van der Waals surface area (Å²) in [6.07, 6.45) is 1.43. The van der Waals surface area contributed by atoms with Crippen LogP contribution in [0.4, 0.5) is 0 Å². The number of hydrazone groups is 1. The van der Waals surface area contributed by atoms with E-state index < -0.39 is 0 Å². The predicted molar refractivity (Wildman–Crippen MR) is 55.1 cm³/mol. The molecule has 2 rings (SSSR count). The van der Waals surface area contributed by atoms with Crippen LogP contribution in [0.1, 0.15) is 24.5 Å². The van der Waals surface area contributed by atoms with E-state index in [4.69, 9.17) is 0 Å². The fraction of sp³-hybridized carbons (Fsp3) is 0.273. The molecule has 1 heterocycles. The van der Waals surface area contributed by atoms with Crippen molar-refractivity contribution in [2.24, 2.45) is 5.10 Å². The van der Waals surface area contributed by atoms with Crippen molar-refractivity contribution in [3.8, 4) is 0 Å². The maximum Gasteiger partial charge on any atom is 0.246 e. The zero-order valence-electron chi connectivity index (χ0n) is 8.08. The van der Waals surface area contributed by atoms with Gasteiger partial charge in [-0.15, -0.1) is 0 Å². The summed E-state index contributed by atoms with van der Waals surface area (Å²) in [5.41, 5.74) is 5.60. The van der Waals surface area contributed by atoms with Crippen LogP contribution < -0.4 is 5.43 Å². The van der Waals surface area contributed by atoms with Gasteiger partial charge in [0.25, 0.3) is 0 Å². The van der Waals surface area contributed by atoms with Crippen molar-refractivity contribution in [2.45, 2.75) is 19.8 Å². The average Bonchev–Trinajstić information content (AvgIpc) is 2.65. The lowest BCUT2D eigenvalue weighted by Crippen LogP contribution is -2.09. The smallest absolute Gasteiger partial charge is 0.246 e. The minimum absolute atomic E-state index is 0.0282. The second-order valence-electron chi connectivity index (χ2n) is 3.32. The Balaban J connectivity index is 2.21. The van der Waals surface area contributed by atoms with Gasteiger partial charge in [0.05, 0.1) is 12.1 Å². The summed E-state index contributed by atoms with van der Waals surface area (Å²) in [5.74, 6) is -0.0282. The van der Waals surface area contributed by atoms with Gasteiger partial charge in [0.2, 0.25) is 5.91 Å². The summed E-state index contributed by atoms with van der Waals surface area (Å²) in [4.78, 5) is 10.9. The zero-order valence-corrected chi connectivity index (χ0v) is 8.08. The van der Waals surface area contributed by atoms with Gasteiger partial charge in [0.15, 0.2) is 0 Å². The molecule has 0 radical (unpaired) electrons. The molecule has 1 aliphatic heterocycles. The van der Waals surface area contributed by atoms with Crippen LogP contribution in [0.15, 0.2) is 29.4 Å². The molecule has 14 heavy (non-hydrogen) atoms. The molecule has 1 aliphatic rings. The third kappa shape index (κ3) is 1.66. The minimum atomic E-state index is -0.0282. The lowest BCUT2D eigenvalue weighted by Gasteiger charge is -2.00. The molecular formula is C11H12N2O. The van der Waals surface area contributed by atoms with Gasteiger partial charge in [-0.2, -0.15) is 5.10 Å². The summed E-state index contributed by atoms with van der Waals surface area (Å²) < 4.78 is 0. The van der Waals surface area contributed by atoms with Crippen LogP contribution in [0.25, 0.3) is 0 Å². The molecule has 1 N–H and O–H groups in total. The molecular weight excluding hydrogens is 176 g/mol. The van der Waals surface area contributed by atoms with Gasteiger partial charge >= 0.3 is 0 Å². The maximum absolute atomic E-state index is 10.9. The van der Waals surface area contributed by atoms with Gasteiger partial charge in [-0.25, -0.2) is 5.43 Å². The number of aryl methyl sites for hydroxylation is 1. The quantitative estimate of drug-likeness (QED) is 0.750. The number of carbonyl (C=O) groups is 1. The number of hydrogen-bond acceptors (Lipinski definition) is 2. The first-order valence-corrected chi connectivity index (χ1v) is 4.74. The summed E-state index contributed by atoms with van der Waals surface area (Å²) >= 11 is 0. The predicted octanol–water partition coefficient (Wildman–Crippen LogP) is 1.47. The minimum Gasteiger partial charge on any atom is -0.273 e. The van der Waals surface area contributed by atoms with Gasteiger partial charge in [-0.3, -0.25) is 4.79 Å². The topological polar surface area (TPSA) is 41.5 Å². The number of carbonyl (C=O) groups excluding carboxylic acids is 1. The third-order valence-corrected chi connectivity index (χ3v) is 2.34. The van der Waals surface area contributed by atoms with E-state index in [0.717, 1.165) is 17.7 Å². The van der Waals surface area contributed by atoms with E-state index in [1.165, 1.54) is 5.56 Å². The number of hydrogen-bond donors (Lipinski definition) is 1. The summed E-state index contributed by atoms with van der Waals surface area (Å²) in [7, 11) is 0. The van der Waals surface area contributed by atoms with Crippen LogP contribution in [-0.4, -0.2) is 11.6 Å². The second-order valence-corrected chi connectivity index (χ2v) is 3.32. The molecule has 1 aromatic carbocycles. The van der Waals surface area contributed by atoms with Crippen LogP contribution in [0.3, 0.4) is 0 Å². The molecule has 0 spiro atoms. The highest BCUT2D eigenvalue weighted by Gasteiger charge is 2.15. The largest absolute Gasteiger partial charge is 0.273 e. The molecule has 0 aliphatic carbocycles. The van der Waals surface area contributed by atoms with Crippen LogP contribution >= 0.6 is 0 Å². The first-order chi connectivity index (χ1) is 6.79. The number of benzene rings is 1. The van der Waals surface area contributed by atoms with Crippen molar-refractivity contribution in [3.05, 3.63) is 35.4 Å². The van der Waals surface area contributed by atoms with Gasteiger partial charge in [0.1, 0.15) is 0 Å². The van der Waals surface area contributed by atoms with E-state index in [-0.39, 0.29) is 5.91 Å². The van der Waals surface area contributed by atoms with Gasteiger partial charge in [-0.05, 0) is 17.5 Å². The van der Waals surface area contributed by atoms with Crippen LogP contribution in [0, 0.1) is 0 Å². The standard InChI is InChI=1S/C11H12N2O/c1-2-8-3-5-9(6-4-8)10-7-11(14)13-12-10/h3-6H,2,7H2,1H3,(H,13,14). The Bertz CT molecular complexity index is 379. The molecule has 3 nitrogen and oxygen atoms in total. The molecule has 0 fully saturated rings. The number of nitrogens with zero attached hydrogens (tertiary/aromatic N) is 1. The molecule has 1 aromatic rings. The SMILES string of the molecule is CCc1ccc(C2=NNC(=O)C2)cc1. The Morgan fingerprint density at radius 3 is 2.57 bits per heavy atom. The van der Waals surface area contributed by atoms with Crippen molar-refractivity contribution in [2.75, 3.05) is 0 Å². The van der Waals surface area contributed by atoms with Crippen LogP contribution in [0.2, 0.25) is 0 Å². The third-order valence-electron chi connectivity index (χ3n) is 2.34. The average molecular weight is 188 g/mol. The van der Waals surface area contributed by atoms with Crippen molar-refractivity contribution < 1.29 is 4.79 Å². The monoisotopic (exact) mass is 188 g/mol. The van der Waals surface area contributed by atoms with Gasteiger partial charge in [-0.1, -0.05) is 31.2 Å². The lowest BCUT2D eigenvalue weighted by molar-refractivity contribution is -0.119. The van der Waals surface area contributed by atoms with Crippen LogP contribution in [-0.2, 0) is 11.2 Å². The number of nitrogens with one attached hydrogen (secondary N) is 1. The van der Waals surface area contributed by atoms with E-state index in [1.54, 1.807) is 0 Å². The van der Waals surface area contributed by atoms with Gasteiger partial charge in [0, 0.05) is 0 Å². The Kier molecular flexibility index (Phi) is 2.31. The second kappa shape index (κ2) is 3.62. The van der Waals surface area contributed by atoms with Crippen molar-refractivity contribution in [1.29, 1.82) is 0 Å².